The van der Waals surface area contributed by atoms with Crippen molar-refractivity contribution in [2.24, 2.45) is 0 Å². The summed E-state index contributed by atoms with van der Waals surface area (Å²) in [6.45, 7) is 8.33. The number of carbonyl (C=O) groups excluding carboxylic acids is 1. The summed E-state index contributed by atoms with van der Waals surface area (Å²) in [4.78, 5) is 23.3. The molecule has 0 fully saturated rings. The highest BCUT2D eigenvalue weighted by molar-refractivity contribution is 6.04. The minimum absolute atomic E-state index is 0.0629. The molecule has 30 heavy (non-hydrogen) atoms. The highest BCUT2D eigenvalue weighted by Gasteiger charge is 2.14. The Morgan fingerprint density at radius 1 is 0.900 bits per heavy atom. The molecule has 3 aromatic rings. The summed E-state index contributed by atoms with van der Waals surface area (Å²) in [6.07, 6.45) is 0. The van der Waals surface area contributed by atoms with Crippen LogP contribution in [0.1, 0.15) is 42.5 Å². The van der Waals surface area contributed by atoms with Gasteiger partial charge < -0.3 is 15.5 Å². The number of nitrogens with one attached hydrogen (secondary N) is 2. The SMILES string of the molecule is Cc1nc(Nc2ccc(NC(=O)c3ccc(C(C)(C)C)cc3)cc2)cc(N(C)C)n1. The van der Waals surface area contributed by atoms with E-state index in [1.54, 1.807) is 0 Å². The zero-order chi connectivity index (χ0) is 21.9. The van der Waals surface area contributed by atoms with E-state index >= 15 is 0 Å². The molecule has 2 N–H and O–H groups in total. The topological polar surface area (TPSA) is 70.2 Å². The first-order valence-electron chi connectivity index (χ1n) is 9.94. The lowest BCUT2D eigenvalue weighted by Crippen LogP contribution is -2.14. The lowest BCUT2D eigenvalue weighted by molar-refractivity contribution is 0.102. The number of hydrogen-bond acceptors (Lipinski definition) is 5. The first kappa shape index (κ1) is 21.3. The number of aromatic nitrogens is 2. The van der Waals surface area contributed by atoms with Crippen LogP contribution in [0, 0.1) is 6.92 Å². The van der Waals surface area contributed by atoms with Crippen molar-refractivity contribution < 1.29 is 4.79 Å². The Bertz CT molecular complexity index is 1020. The van der Waals surface area contributed by atoms with E-state index in [1.807, 2.05) is 80.5 Å². The average molecular weight is 404 g/mol. The smallest absolute Gasteiger partial charge is 0.255 e. The quantitative estimate of drug-likeness (QED) is 0.617. The van der Waals surface area contributed by atoms with Gasteiger partial charge in [-0.05, 0) is 54.3 Å². The van der Waals surface area contributed by atoms with Crippen molar-refractivity contribution in [3.8, 4) is 0 Å². The molecule has 0 atom stereocenters. The number of amides is 1. The van der Waals surface area contributed by atoms with Crippen molar-refractivity contribution in [1.29, 1.82) is 0 Å². The normalized spacial score (nSPS) is 11.1. The van der Waals surface area contributed by atoms with Crippen molar-refractivity contribution in [1.82, 2.24) is 9.97 Å². The molecule has 0 aliphatic rings. The number of nitrogens with zero attached hydrogens (tertiary/aromatic N) is 3. The van der Waals surface area contributed by atoms with E-state index in [0.29, 0.717) is 11.4 Å². The van der Waals surface area contributed by atoms with Gasteiger partial charge in [0.2, 0.25) is 0 Å². The van der Waals surface area contributed by atoms with Crippen LogP contribution in [0.2, 0.25) is 0 Å². The number of anilines is 4. The predicted molar refractivity (Wildman–Crippen MR) is 124 cm³/mol. The van der Waals surface area contributed by atoms with Crippen LogP contribution in [0.4, 0.5) is 23.0 Å². The second-order valence-corrected chi connectivity index (χ2v) is 8.54. The molecule has 6 heteroatoms. The Hall–Kier alpha value is -3.41. The van der Waals surface area contributed by atoms with Crippen LogP contribution in [-0.4, -0.2) is 30.0 Å². The maximum absolute atomic E-state index is 12.5. The summed E-state index contributed by atoms with van der Waals surface area (Å²) in [6, 6.07) is 17.2. The first-order chi connectivity index (χ1) is 14.1. The van der Waals surface area contributed by atoms with Crippen LogP contribution in [-0.2, 0) is 5.41 Å². The second-order valence-electron chi connectivity index (χ2n) is 8.54. The van der Waals surface area contributed by atoms with Gasteiger partial charge in [0.05, 0.1) is 0 Å². The van der Waals surface area contributed by atoms with Crippen LogP contribution >= 0.6 is 0 Å². The lowest BCUT2D eigenvalue weighted by atomic mass is 9.87. The van der Waals surface area contributed by atoms with Gasteiger partial charge in [-0.25, -0.2) is 9.97 Å². The van der Waals surface area contributed by atoms with Gasteiger partial charge in [0.1, 0.15) is 17.5 Å². The summed E-state index contributed by atoms with van der Waals surface area (Å²) < 4.78 is 0. The van der Waals surface area contributed by atoms with Gasteiger partial charge >= 0.3 is 0 Å². The molecule has 0 bridgehead atoms. The number of rotatable bonds is 5. The van der Waals surface area contributed by atoms with Gasteiger partial charge in [-0.15, -0.1) is 0 Å². The molecule has 0 radical (unpaired) electrons. The van der Waals surface area contributed by atoms with Crippen molar-refractivity contribution in [3.05, 3.63) is 71.5 Å². The van der Waals surface area contributed by atoms with E-state index in [0.717, 1.165) is 23.0 Å². The molecule has 0 spiro atoms. The number of benzene rings is 2. The standard InChI is InChI=1S/C24H29N5O/c1-16-25-21(15-22(26-16)29(5)6)27-19-11-13-20(14-12-19)28-23(30)17-7-9-18(10-8-17)24(2,3)4/h7-15H,1-6H3,(H,28,30)(H,25,26,27). The van der Waals surface area contributed by atoms with Crippen LogP contribution < -0.4 is 15.5 Å². The maximum atomic E-state index is 12.5. The van der Waals surface area contributed by atoms with E-state index in [9.17, 15) is 4.79 Å². The van der Waals surface area contributed by atoms with Gasteiger partial charge in [-0.2, -0.15) is 0 Å². The molecular weight excluding hydrogens is 374 g/mol. The molecule has 1 heterocycles. The minimum Gasteiger partial charge on any atom is -0.363 e. The molecule has 0 saturated carbocycles. The van der Waals surface area contributed by atoms with Gasteiger partial charge in [0.15, 0.2) is 0 Å². The van der Waals surface area contributed by atoms with Crippen molar-refractivity contribution >= 4 is 28.9 Å². The fraction of sp³-hybridized carbons (Fsp3) is 0.292. The molecule has 0 unspecified atom stereocenters. The number of aryl methyl sites for hydroxylation is 1. The van der Waals surface area contributed by atoms with Gasteiger partial charge in [-0.3, -0.25) is 4.79 Å². The van der Waals surface area contributed by atoms with Crippen LogP contribution in [0.5, 0.6) is 0 Å². The summed E-state index contributed by atoms with van der Waals surface area (Å²) in [5, 5.41) is 6.22. The monoisotopic (exact) mass is 403 g/mol. The maximum Gasteiger partial charge on any atom is 0.255 e. The van der Waals surface area contributed by atoms with E-state index in [-0.39, 0.29) is 11.3 Å². The molecule has 156 valence electrons. The van der Waals surface area contributed by atoms with E-state index in [1.165, 1.54) is 5.56 Å². The molecule has 1 aromatic heterocycles. The van der Waals surface area contributed by atoms with E-state index < -0.39 is 0 Å². The molecule has 2 aromatic carbocycles. The van der Waals surface area contributed by atoms with Gasteiger partial charge in [-0.1, -0.05) is 32.9 Å². The summed E-state index contributed by atoms with van der Waals surface area (Å²) in [7, 11) is 3.89. The third-order valence-electron chi connectivity index (χ3n) is 4.71. The molecule has 0 aliphatic heterocycles. The molecule has 6 nitrogen and oxygen atoms in total. The molecular formula is C24H29N5O. The first-order valence-corrected chi connectivity index (χ1v) is 9.94. The predicted octanol–water partition coefficient (Wildman–Crippen LogP) is 5.14. The lowest BCUT2D eigenvalue weighted by Gasteiger charge is -2.19. The molecule has 0 aliphatic carbocycles. The number of carbonyl (C=O) groups is 1. The minimum atomic E-state index is -0.127. The Morgan fingerprint density at radius 2 is 1.50 bits per heavy atom. The van der Waals surface area contributed by atoms with Crippen LogP contribution in [0.3, 0.4) is 0 Å². The fourth-order valence-corrected chi connectivity index (χ4v) is 2.95. The van der Waals surface area contributed by atoms with E-state index in [4.69, 9.17) is 0 Å². The fourth-order valence-electron chi connectivity index (χ4n) is 2.95. The third-order valence-corrected chi connectivity index (χ3v) is 4.71. The van der Waals surface area contributed by atoms with Crippen LogP contribution in [0.15, 0.2) is 54.6 Å². The zero-order valence-electron chi connectivity index (χ0n) is 18.4. The summed E-state index contributed by atoms with van der Waals surface area (Å²) in [5.41, 5.74) is 3.52. The molecule has 0 saturated heterocycles. The zero-order valence-corrected chi connectivity index (χ0v) is 18.4. The van der Waals surface area contributed by atoms with Crippen molar-refractivity contribution in [3.63, 3.8) is 0 Å². The average Bonchev–Trinajstić information content (AvgIpc) is 2.68. The highest BCUT2D eigenvalue weighted by atomic mass is 16.1. The van der Waals surface area contributed by atoms with Gasteiger partial charge in [0.25, 0.3) is 5.91 Å². The van der Waals surface area contributed by atoms with Gasteiger partial charge in [0, 0.05) is 37.1 Å². The number of hydrogen-bond donors (Lipinski definition) is 2. The highest BCUT2D eigenvalue weighted by Crippen LogP contribution is 2.23. The summed E-state index contributed by atoms with van der Waals surface area (Å²) in [5.74, 6) is 2.14. The Kier molecular flexibility index (Phi) is 6.06. The largest absolute Gasteiger partial charge is 0.363 e. The molecule has 1 amide bonds. The Labute approximate surface area is 178 Å². The summed E-state index contributed by atoms with van der Waals surface area (Å²) >= 11 is 0. The van der Waals surface area contributed by atoms with E-state index in [2.05, 4.69) is 41.4 Å². The molecule has 3 rings (SSSR count). The third kappa shape index (κ3) is 5.35. The van der Waals surface area contributed by atoms with Crippen molar-refractivity contribution in [2.45, 2.75) is 33.1 Å². The van der Waals surface area contributed by atoms with Crippen molar-refractivity contribution in [2.75, 3.05) is 29.6 Å². The Morgan fingerprint density at radius 3 is 2.07 bits per heavy atom. The van der Waals surface area contributed by atoms with Crippen LogP contribution in [0.25, 0.3) is 0 Å². The Balaban J connectivity index is 1.67. The second kappa shape index (κ2) is 8.53.